The molecule has 0 fully saturated rings. The van der Waals surface area contributed by atoms with Crippen LogP contribution >= 0.6 is 11.6 Å². The first-order valence-corrected chi connectivity index (χ1v) is 6.96. The van der Waals surface area contributed by atoms with Crippen molar-refractivity contribution in [2.75, 3.05) is 11.9 Å². The number of hydrogen-bond donors (Lipinski definition) is 2. The molecular formula is C16H16ClFN2O. The summed E-state index contributed by atoms with van der Waals surface area (Å²) in [5.74, 6) is -0.517. The Kier molecular flexibility index (Phi) is 5.31. The maximum Gasteiger partial charge on any atom is 0.238 e. The van der Waals surface area contributed by atoms with E-state index in [1.165, 1.54) is 24.3 Å². The van der Waals surface area contributed by atoms with E-state index in [0.717, 1.165) is 5.56 Å². The highest BCUT2D eigenvalue weighted by molar-refractivity contribution is 6.30. The van der Waals surface area contributed by atoms with E-state index in [2.05, 4.69) is 10.6 Å². The van der Waals surface area contributed by atoms with Crippen molar-refractivity contribution in [1.82, 2.24) is 5.32 Å². The molecule has 5 heteroatoms. The summed E-state index contributed by atoms with van der Waals surface area (Å²) in [5.41, 5.74) is 1.58. The fourth-order valence-corrected chi connectivity index (χ4v) is 2.08. The summed E-state index contributed by atoms with van der Waals surface area (Å²) in [6, 6.07) is 13.1. The van der Waals surface area contributed by atoms with E-state index in [9.17, 15) is 9.18 Å². The van der Waals surface area contributed by atoms with Crippen molar-refractivity contribution < 1.29 is 9.18 Å². The van der Waals surface area contributed by atoms with E-state index in [-0.39, 0.29) is 24.3 Å². The lowest BCUT2D eigenvalue weighted by Gasteiger charge is -2.14. The average Bonchev–Trinajstić information content (AvgIpc) is 2.47. The molecule has 2 aromatic carbocycles. The third-order valence-electron chi connectivity index (χ3n) is 3.05. The molecule has 0 saturated heterocycles. The van der Waals surface area contributed by atoms with E-state index < -0.39 is 0 Å². The molecule has 0 spiro atoms. The van der Waals surface area contributed by atoms with Crippen LogP contribution in [0, 0.1) is 5.82 Å². The van der Waals surface area contributed by atoms with E-state index in [1.807, 2.05) is 25.1 Å². The quantitative estimate of drug-likeness (QED) is 0.883. The highest BCUT2D eigenvalue weighted by Gasteiger charge is 2.08. The maximum absolute atomic E-state index is 12.8. The Hall–Kier alpha value is -1.91. The van der Waals surface area contributed by atoms with Gasteiger partial charge in [-0.2, -0.15) is 0 Å². The number of rotatable bonds is 5. The van der Waals surface area contributed by atoms with Crippen LogP contribution in [0.2, 0.25) is 5.02 Å². The molecule has 0 saturated carbocycles. The normalized spacial score (nSPS) is 12.0. The lowest BCUT2D eigenvalue weighted by atomic mass is 10.1. The van der Waals surface area contributed by atoms with Gasteiger partial charge in [0.25, 0.3) is 0 Å². The molecule has 2 N–H and O–H groups in total. The van der Waals surface area contributed by atoms with Gasteiger partial charge in [-0.05, 0) is 48.9 Å². The van der Waals surface area contributed by atoms with Crippen LogP contribution in [0.15, 0.2) is 48.5 Å². The molecule has 0 aliphatic carbocycles. The number of anilines is 1. The number of benzene rings is 2. The van der Waals surface area contributed by atoms with Gasteiger partial charge in [-0.1, -0.05) is 23.7 Å². The first-order valence-electron chi connectivity index (χ1n) is 6.59. The van der Waals surface area contributed by atoms with Crippen molar-refractivity contribution in [3.63, 3.8) is 0 Å². The summed E-state index contributed by atoms with van der Waals surface area (Å²) in [6.07, 6.45) is 0. The summed E-state index contributed by atoms with van der Waals surface area (Å²) in [5, 5.41) is 6.47. The number of halogens is 2. The second kappa shape index (κ2) is 7.20. The number of carbonyl (C=O) groups is 1. The van der Waals surface area contributed by atoms with Crippen molar-refractivity contribution in [3.8, 4) is 0 Å². The lowest BCUT2D eigenvalue weighted by Crippen LogP contribution is -2.30. The molecule has 0 aliphatic rings. The van der Waals surface area contributed by atoms with Gasteiger partial charge in [0.1, 0.15) is 5.82 Å². The van der Waals surface area contributed by atoms with Crippen LogP contribution in [-0.2, 0) is 4.79 Å². The first-order chi connectivity index (χ1) is 10.0. The zero-order chi connectivity index (χ0) is 15.2. The molecule has 2 aromatic rings. The van der Waals surface area contributed by atoms with E-state index in [4.69, 9.17) is 11.6 Å². The Morgan fingerprint density at radius 2 is 1.95 bits per heavy atom. The number of hydrogen-bond acceptors (Lipinski definition) is 2. The molecule has 3 nitrogen and oxygen atoms in total. The number of carbonyl (C=O) groups excluding carboxylic acids is 1. The standard InChI is InChI=1S/C16H16ClFN2O/c1-11(12-3-2-4-13(17)9-12)19-10-16(21)20-15-7-5-14(18)6-8-15/h2-9,11,19H,10H2,1H3,(H,20,21)/t11-/m1/s1. The van der Waals surface area contributed by atoms with Gasteiger partial charge in [-0.15, -0.1) is 0 Å². The third-order valence-corrected chi connectivity index (χ3v) is 3.28. The summed E-state index contributed by atoms with van der Waals surface area (Å²) in [7, 11) is 0. The molecule has 21 heavy (non-hydrogen) atoms. The predicted octanol–water partition coefficient (Wildman–Crippen LogP) is 3.77. The molecule has 1 atom stereocenters. The molecule has 1 amide bonds. The van der Waals surface area contributed by atoms with Gasteiger partial charge in [0.2, 0.25) is 5.91 Å². The monoisotopic (exact) mass is 306 g/mol. The Morgan fingerprint density at radius 3 is 2.62 bits per heavy atom. The highest BCUT2D eigenvalue weighted by atomic mass is 35.5. The SMILES string of the molecule is C[C@@H](NCC(=O)Nc1ccc(F)cc1)c1cccc(Cl)c1. The second-order valence-corrected chi connectivity index (χ2v) is 5.15. The van der Waals surface area contributed by atoms with Gasteiger partial charge in [0.15, 0.2) is 0 Å². The number of nitrogens with one attached hydrogen (secondary N) is 2. The summed E-state index contributed by atoms with van der Waals surface area (Å²) < 4.78 is 12.8. The van der Waals surface area contributed by atoms with Crippen LogP contribution in [0.4, 0.5) is 10.1 Å². The lowest BCUT2D eigenvalue weighted by molar-refractivity contribution is -0.115. The Morgan fingerprint density at radius 1 is 1.24 bits per heavy atom. The third kappa shape index (κ3) is 4.85. The molecule has 110 valence electrons. The van der Waals surface area contributed by atoms with E-state index in [0.29, 0.717) is 10.7 Å². The van der Waals surface area contributed by atoms with Gasteiger partial charge in [-0.3, -0.25) is 4.79 Å². The smallest absolute Gasteiger partial charge is 0.238 e. The number of amides is 1. The van der Waals surface area contributed by atoms with Crippen LogP contribution < -0.4 is 10.6 Å². The highest BCUT2D eigenvalue weighted by Crippen LogP contribution is 2.17. The summed E-state index contributed by atoms with van der Waals surface area (Å²) in [6.45, 7) is 2.11. The average molecular weight is 307 g/mol. The zero-order valence-corrected chi connectivity index (χ0v) is 12.3. The zero-order valence-electron chi connectivity index (χ0n) is 11.6. The molecule has 0 aromatic heterocycles. The van der Waals surface area contributed by atoms with Crippen LogP contribution in [0.3, 0.4) is 0 Å². The summed E-state index contributed by atoms with van der Waals surface area (Å²) in [4.78, 5) is 11.8. The summed E-state index contributed by atoms with van der Waals surface area (Å²) >= 11 is 5.93. The Labute approximate surface area is 128 Å². The van der Waals surface area contributed by atoms with Gasteiger partial charge >= 0.3 is 0 Å². The Bertz CT molecular complexity index is 616. The van der Waals surface area contributed by atoms with E-state index >= 15 is 0 Å². The molecule has 2 rings (SSSR count). The van der Waals surface area contributed by atoms with Crippen molar-refractivity contribution in [2.24, 2.45) is 0 Å². The van der Waals surface area contributed by atoms with Crippen molar-refractivity contribution in [2.45, 2.75) is 13.0 Å². The van der Waals surface area contributed by atoms with Gasteiger partial charge in [0.05, 0.1) is 6.54 Å². The van der Waals surface area contributed by atoms with Gasteiger partial charge in [-0.25, -0.2) is 4.39 Å². The van der Waals surface area contributed by atoms with Gasteiger partial charge < -0.3 is 10.6 Å². The minimum absolute atomic E-state index is 0.00247. The maximum atomic E-state index is 12.8. The van der Waals surface area contributed by atoms with Crippen LogP contribution in [0.1, 0.15) is 18.5 Å². The fraction of sp³-hybridized carbons (Fsp3) is 0.188. The largest absolute Gasteiger partial charge is 0.325 e. The Balaban J connectivity index is 1.84. The molecule has 0 unspecified atom stereocenters. The van der Waals surface area contributed by atoms with Crippen molar-refractivity contribution in [3.05, 3.63) is 64.9 Å². The van der Waals surface area contributed by atoms with Gasteiger partial charge in [0, 0.05) is 16.8 Å². The fourth-order valence-electron chi connectivity index (χ4n) is 1.88. The second-order valence-electron chi connectivity index (χ2n) is 4.71. The molecule has 0 bridgehead atoms. The van der Waals surface area contributed by atoms with Crippen LogP contribution in [-0.4, -0.2) is 12.5 Å². The van der Waals surface area contributed by atoms with Crippen LogP contribution in [0.5, 0.6) is 0 Å². The van der Waals surface area contributed by atoms with E-state index in [1.54, 1.807) is 6.07 Å². The predicted molar refractivity (Wildman–Crippen MR) is 82.9 cm³/mol. The first kappa shape index (κ1) is 15.5. The van der Waals surface area contributed by atoms with Crippen molar-refractivity contribution >= 4 is 23.2 Å². The molecular weight excluding hydrogens is 291 g/mol. The minimum Gasteiger partial charge on any atom is -0.325 e. The topological polar surface area (TPSA) is 41.1 Å². The molecule has 0 heterocycles. The van der Waals surface area contributed by atoms with Crippen molar-refractivity contribution in [1.29, 1.82) is 0 Å². The molecule has 0 radical (unpaired) electrons. The minimum atomic E-state index is -0.333. The molecule has 0 aliphatic heterocycles. The van der Waals surface area contributed by atoms with Crippen LogP contribution in [0.25, 0.3) is 0 Å².